The molecular weight excluding hydrogens is 354 g/mol. The van der Waals surface area contributed by atoms with Crippen molar-refractivity contribution >= 4 is 11.9 Å². The molecule has 0 aromatic carbocycles. The lowest BCUT2D eigenvalue weighted by atomic mass is 9.45. The van der Waals surface area contributed by atoms with E-state index in [1.807, 2.05) is 0 Å². The van der Waals surface area contributed by atoms with Crippen LogP contribution in [0.1, 0.15) is 79.1 Å². The van der Waals surface area contributed by atoms with Gasteiger partial charge in [0.25, 0.3) is 5.97 Å². The van der Waals surface area contributed by atoms with Crippen molar-refractivity contribution in [1.29, 1.82) is 0 Å². The fourth-order valence-corrected chi connectivity index (χ4v) is 8.36. The Bertz CT molecular complexity index is 661. The molecule has 5 fully saturated rings. The minimum absolute atomic E-state index is 0.0447. The molecule has 1 amide bonds. The number of carboxylic acids is 1. The van der Waals surface area contributed by atoms with Crippen LogP contribution in [0.5, 0.6) is 0 Å². The number of carboxylic acid groups (broad SMARTS) is 1. The zero-order valence-electron chi connectivity index (χ0n) is 17.9. The van der Waals surface area contributed by atoms with Crippen LogP contribution in [0.3, 0.4) is 0 Å². The maximum Gasteiger partial charge on any atom is 0.300 e. The minimum atomic E-state index is -0.833. The molecule has 1 aliphatic heterocycles. The average molecular weight is 392 g/mol. The molecule has 0 radical (unpaired) electrons. The Morgan fingerprint density at radius 2 is 1.57 bits per heavy atom. The molecule has 1 saturated heterocycles. The molecular formula is C23H37NO4. The zero-order valence-corrected chi connectivity index (χ0v) is 17.9. The normalized spacial score (nSPS) is 50.9. The van der Waals surface area contributed by atoms with Gasteiger partial charge in [0.2, 0.25) is 5.91 Å². The van der Waals surface area contributed by atoms with Gasteiger partial charge < -0.3 is 15.1 Å². The summed E-state index contributed by atoms with van der Waals surface area (Å²) in [7, 11) is 0. The van der Waals surface area contributed by atoms with Crippen molar-refractivity contribution < 1.29 is 19.8 Å². The van der Waals surface area contributed by atoms with E-state index in [1.165, 1.54) is 38.5 Å². The van der Waals surface area contributed by atoms with Gasteiger partial charge in [-0.25, -0.2) is 0 Å². The first-order chi connectivity index (χ1) is 13.1. The maximum atomic E-state index is 11.9. The molecule has 5 aliphatic rings. The van der Waals surface area contributed by atoms with Gasteiger partial charge in [0.05, 0.1) is 18.2 Å². The van der Waals surface area contributed by atoms with E-state index in [4.69, 9.17) is 9.90 Å². The van der Waals surface area contributed by atoms with Gasteiger partial charge in [-0.05, 0) is 85.9 Å². The lowest BCUT2D eigenvalue weighted by Crippen LogP contribution is -2.54. The van der Waals surface area contributed by atoms with Gasteiger partial charge in [-0.15, -0.1) is 0 Å². The number of hydrogen-bond donors (Lipinski definition) is 2. The lowest BCUT2D eigenvalue weighted by molar-refractivity contribution is -0.136. The highest BCUT2D eigenvalue weighted by Crippen LogP contribution is 2.70. The summed E-state index contributed by atoms with van der Waals surface area (Å²) in [5, 5.41) is 17.6. The molecule has 4 aliphatic carbocycles. The van der Waals surface area contributed by atoms with Crippen LogP contribution < -0.4 is 0 Å². The van der Waals surface area contributed by atoms with Crippen LogP contribution >= 0.6 is 0 Å². The summed E-state index contributed by atoms with van der Waals surface area (Å²) in [6, 6.07) is 1.12. The summed E-state index contributed by atoms with van der Waals surface area (Å²) in [6.07, 6.45) is 9.89. The molecule has 0 unspecified atom stereocenters. The highest BCUT2D eigenvalue weighted by molar-refractivity contribution is 5.78. The maximum absolute atomic E-state index is 11.9. The van der Waals surface area contributed by atoms with Gasteiger partial charge in [0.1, 0.15) is 0 Å². The third-order valence-electron chi connectivity index (χ3n) is 9.54. The van der Waals surface area contributed by atoms with Crippen molar-refractivity contribution in [3.05, 3.63) is 0 Å². The number of aliphatic hydroxyl groups is 1. The fraction of sp³-hybridized carbons (Fsp3) is 0.913. The first-order valence-electron chi connectivity index (χ1n) is 11.3. The number of piperidine rings is 1. The third-order valence-corrected chi connectivity index (χ3v) is 9.54. The first kappa shape index (κ1) is 20.2. The molecule has 9 atom stereocenters. The number of carbonyl (C=O) groups excluding carboxylic acids is 1. The second kappa shape index (κ2) is 6.72. The third kappa shape index (κ3) is 2.91. The number of amides is 1. The van der Waals surface area contributed by atoms with Gasteiger partial charge >= 0.3 is 0 Å². The molecule has 0 aromatic heterocycles. The van der Waals surface area contributed by atoms with Crippen LogP contribution in [0.2, 0.25) is 0 Å². The van der Waals surface area contributed by atoms with E-state index in [1.54, 1.807) is 6.92 Å². The molecule has 5 nitrogen and oxygen atoms in total. The number of aliphatic hydroxyl groups excluding tert-OH is 1. The summed E-state index contributed by atoms with van der Waals surface area (Å²) in [6.45, 7) is 7.89. The molecule has 5 heteroatoms. The van der Waals surface area contributed by atoms with Crippen molar-refractivity contribution in [2.45, 2.75) is 97.2 Å². The van der Waals surface area contributed by atoms with E-state index >= 15 is 0 Å². The Morgan fingerprint density at radius 3 is 2.21 bits per heavy atom. The number of carbonyl (C=O) groups is 2. The van der Waals surface area contributed by atoms with Crippen molar-refractivity contribution in [3.8, 4) is 0 Å². The Morgan fingerprint density at radius 1 is 0.929 bits per heavy atom. The first-order valence-corrected chi connectivity index (χ1v) is 11.3. The van der Waals surface area contributed by atoms with E-state index in [9.17, 15) is 9.90 Å². The molecule has 4 saturated carbocycles. The SMILES string of the molecule is CC(=O)N1[C@@H]2C[C@H]3[C@@H]4CC[C@H]5C[C@@H](O)CC[C@]5(C)[C@H]4CC[C@]3(C)[C@@H]21.CC(=O)O. The smallest absolute Gasteiger partial charge is 0.300 e. The molecule has 5 rings (SSSR count). The fourth-order valence-electron chi connectivity index (χ4n) is 8.36. The number of likely N-dealkylation sites (tertiary alicyclic amines) is 1. The summed E-state index contributed by atoms with van der Waals surface area (Å²) in [4.78, 5) is 23.1. The number of aliphatic carboxylic acids is 1. The Hall–Kier alpha value is -1.10. The highest BCUT2D eigenvalue weighted by atomic mass is 16.4. The molecule has 0 spiro atoms. The Labute approximate surface area is 168 Å². The van der Waals surface area contributed by atoms with E-state index in [2.05, 4.69) is 18.7 Å². The van der Waals surface area contributed by atoms with Crippen LogP contribution in [-0.4, -0.2) is 45.2 Å². The van der Waals surface area contributed by atoms with Crippen molar-refractivity contribution in [2.24, 2.45) is 34.5 Å². The van der Waals surface area contributed by atoms with Crippen molar-refractivity contribution in [2.75, 3.05) is 0 Å². The van der Waals surface area contributed by atoms with Crippen molar-refractivity contribution in [3.63, 3.8) is 0 Å². The van der Waals surface area contributed by atoms with Crippen LogP contribution in [0.4, 0.5) is 0 Å². The second-order valence-electron chi connectivity index (χ2n) is 10.8. The molecule has 0 bridgehead atoms. The monoisotopic (exact) mass is 391 g/mol. The molecule has 2 N–H and O–H groups in total. The molecule has 1 heterocycles. The van der Waals surface area contributed by atoms with E-state index < -0.39 is 5.97 Å². The summed E-state index contributed by atoms with van der Waals surface area (Å²) in [5.41, 5.74) is 0.853. The molecule has 28 heavy (non-hydrogen) atoms. The van der Waals surface area contributed by atoms with Gasteiger partial charge in [0.15, 0.2) is 0 Å². The van der Waals surface area contributed by atoms with Gasteiger partial charge in [-0.3, -0.25) is 9.59 Å². The second-order valence-corrected chi connectivity index (χ2v) is 10.8. The molecule has 0 aromatic rings. The molecule has 158 valence electrons. The lowest BCUT2D eigenvalue weighted by Gasteiger charge is -2.61. The zero-order chi connectivity index (χ0) is 20.4. The van der Waals surface area contributed by atoms with Crippen LogP contribution in [-0.2, 0) is 9.59 Å². The van der Waals surface area contributed by atoms with E-state index in [0.717, 1.165) is 43.4 Å². The Kier molecular flexibility index (Phi) is 4.84. The average Bonchev–Trinajstić information content (AvgIpc) is 3.25. The van der Waals surface area contributed by atoms with Crippen LogP contribution in [0.15, 0.2) is 0 Å². The van der Waals surface area contributed by atoms with E-state index in [0.29, 0.717) is 28.8 Å². The predicted molar refractivity (Wildman–Crippen MR) is 107 cm³/mol. The number of fused-ring (bicyclic) bond motifs is 7. The van der Waals surface area contributed by atoms with Gasteiger partial charge in [-0.1, -0.05) is 13.8 Å². The quantitative estimate of drug-likeness (QED) is 0.618. The summed E-state index contributed by atoms with van der Waals surface area (Å²) >= 11 is 0. The number of rotatable bonds is 0. The van der Waals surface area contributed by atoms with Gasteiger partial charge in [0, 0.05) is 13.8 Å². The highest BCUT2D eigenvalue weighted by Gasteiger charge is 2.71. The largest absolute Gasteiger partial charge is 0.481 e. The summed E-state index contributed by atoms with van der Waals surface area (Å²) in [5.74, 6) is 2.79. The minimum Gasteiger partial charge on any atom is -0.481 e. The van der Waals surface area contributed by atoms with Gasteiger partial charge in [-0.2, -0.15) is 0 Å². The van der Waals surface area contributed by atoms with Crippen LogP contribution in [0.25, 0.3) is 0 Å². The standard InChI is InChI=1S/C21H33NO2.C2H4O2/c1-12(23)22-18-11-17-15-5-4-13-10-14(24)6-8-20(13,2)16(15)7-9-21(17,3)19(18)22;1-2(3)4/h13-19,24H,4-11H2,1-3H3;1H3,(H,3,4)/t13-,14-,15+,16-,17-,18+,19+,20-,21-,22?;/m0./s1. The van der Waals surface area contributed by atoms with Crippen LogP contribution in [0, 0.1) is 34.5 Å². The number of nitrogens with zero attached hydrogens (tertiary/aromatic N) is 1. The summed E-state index contributed by atoms with van der Waals surface area (Å²) < 4.78 is 0. The van der Waals surface area contributed by atoms with Crippen molar-refractivity contribution in [1.82, 2.24) is 4.90 Å². The number of hydrogen-bond acceptors (Lipinski definition) is 3. The predicted octanol–water partition coefficient (Wildman–Crippen LogP) is 3.69. The Balaban J connectivity index is 0.000000442. The topological polar surface area (TPSA) is 77.6 Å². The van der Waals surface area contributed by atoms with E-state index in [-0.39, 0.29) is 6.10 Å².